The molecule has 0 radical (unpaired) electrons. The normalized spacial score (nSPS) is 28.7. The van der Waals surface area contributed by atoms with E-state index < -0.39 is 0 Å². The number of carbonyl (C=O) groups excluding carboxylic acids is 5. The minimum absolute atomic E-state index is 0.00576. The summed E-state index contributed by atoms with van der Waals surface area (Å²) in [6.45, 7) is 1.66. The molecular weight excluding hydrogens is 494 g/mol. The van der Waals surface area contributed by atoms with E-state index in [1.54, 1.807) is 0 Å². The van der Waals surface area contributed by atoms with Crippen LogP contribution in [-0.2, 0) is 19.2 Å². The van der Waals surface area contributed by atoms with Crippen molar-refractivity contribution < 1.29 is 24.0 Å². The molecule has 1 aliphatic carbocycles. The summed E-state index contributed by atoms with van der Waals surface area (Å²) in [5.74, 6) is 0.891. The molecule has 4 aliphatic rings. The van der Waals surface area contributed by atoms with Gasteiger partial charge >= 0.3 is 6.03 Å². The number of thioether (sulfide) groups is 1. The maximum absolute atomic E-state index is 12.5. The Bertz CT molecular complexity index is 886. The van der Waals surface area contributed by atoms with Gasteiger partial charge in [-0.2, -0.15) is 11.8 Å². The first-order valence-corrected chi connectivity index (χ1v) is 14.7. The van der Waals surface area contributed by atoms with Crippen LogP contribution >= 0.6 is 11.8 Å². The molecule has 0 unspecified atom stereocenters. The van der Waals surface area contributed by atoms with Gasteiger partial charge in [-0.3, -0.25) is 24.1 Å². The number of rotatable bonds is 13. The quantitative estimate of drug-likeness (QED) is 0.161. The standard InChI is InChI=1S/C26H39N5O5S/c32-21(6-2-1-5-20-24-19(16-37-20)29-26(36)30-24)27-13-3-4-14-28-25(35)18-9-7-17(8-10-18)15-31-22(33)11-12-23(31)34/h11-12,17-20,24H,1-10,13-16H2,(H,27,32)(H,28,35)(H2,29,30,36)/t17?,18?,19-,20-,24-/m1/s1. The molecule has 11 heteroatoms. The van der Waals surface area contributed by atoms with Crippen molar-refractivity contribution in [3.05, 3.63) is 12.2 Å². The Hall–Kier alpha value is -2.56. The summed E-state index contributed by atoms with van der Waals surface area (Å²) >= 11 is 1.90. The highest BCUT2D eigenvalue weighted by atomic mass is 32.2. The predicted molar refractivity (Wildman–Crippen MR) is 141 cm³/mol. The van der Waals surface area contributed by atoms with Crippen molar-refractivity contribution in [1.82, 2.24) is 26.2 Å². The van der Waals surface area contributed by atoms with Crippen LogP contribution in [0.5, 0.6) is 0 Å². The Morgan fingerprint density at radius 2 is 1.62 bits per heavy atom. The lowest BCUT2D eigenvalue weighted by atomic mass is 9.81. The highest BCUT2D eigenvalue weighted by Crippen LogP contribution is 2.33. The Balaban J connectivity index is 0.969. The maximum Gasteiger partial charge on any atom is 0.315 e. The molecule has 4 N–H and O–H groups in total. The minimum atomic E-state index is -0.239. The maximum atomic E-state index is 12.5. The van der Waals surface area contributed by atoms with Gasteiger partial charge in [-0.1, -0.05) is 6.42 Å². The molecule has 0 spiro atoms. The van der Waals surface area contributed by atoms with Gasteiger partial charge in [0, 0.05) is 55.1 Å². The Morgan fingerprint density at radius 3 is 2.35 bits per heavy atom. The van der Waals surface area contributed by atoms with Crippen molar-refractivity contribution in [2.75, 3.05) is 25.4 Å². The number of urea groups is 1. The minimum Gasteiger partial charge on any atom is -0.356 e. The van der Waals surface area contributed by atoms with Crippen LogP contribution in [0.2, 0.25) is 0 Å². The SMILES string of the molecule is O=C(CCCC[C@H]1SC[C@H]2NC(=O)N[C@H]21)NCCCCNC(=O)C1CCC(CN2C(=O)C=CC2=O)CC1. The van der Waals surface area contributed by atoms with Crippen LogP contribution in [0.3, 0.4) is 0 Å². The first-order valence-electron chi connectivity index (χ1n) is 13.7. The van der Waals surface area contributed by atoms with E-state index in [2.05, 4.69) is 21.3 Å². The van der Waals surface area contributed by atoms with Crippen molar-refractivity contribution >= 4 is 41.4 Å². The van der Waals surface area contributed by atoms with E-state index in [9.17, 15) is 24.0 Å². The average Bonchev–Trinajstić information content (AvgIpc) is 3.54. The summed E-state index contributed by atoms with van der Waals surface area (Å²) < 4.78 is 0. The number of unbranched alkanes of at least 4 members (excludes halogenated alkanes) is 2. The molecule has 1 saturated carbocycles. The number of hydrogen-bond donors (Lipinski definition) is 4. The fourth-order valence-corrected chi connectivity index (χ4v) is 7.22. The van der Waals surface area contributed by atoms with Gasteiger partial charge in [0.2, 0.25) is 11.8 Å². The number of hydrogen-bond acceptors (Lipinski definition) is 6. The summed E-state index contributed by atoms with van der Waals surface area (Å²) in [5.41, 5.74) is 0. The Labute approximate surface area is 222 Å². The van der Waals surface area contributed by atoms with Gasteiger partial charge in [-0.15, -0.1) is 0 Å². The lowest BCUT2D eigenvalue weighted by molar-refractivity contribution is -0.138. The number of nitrogens with zero attached hydrogens (tertiary/aromatic N) is 1. The lowest BCUT2D eigenvalue weighted by Crippen LogP contribution is -2.38. The van der Waals surface area contributed by atoms with Gasteiger partial charge < -0.3 is 21.3 Å². The zero-order chi connectivity index (χ0) is 26.2. The van der Waals surface area contributed by atoms with Gasteiger partial charge in [0.1, 0.15) is 0 Å². The van der Waals surface area contributed by atoms with Crippen molar-refractivity contribution in [2.24, 2.45) is 11.8 Å². The second-order valence-electron chi connectivity index (χ2n) is 10.6. The number of carbonyl (C=O) groups is 5. The van der Waals surface area contributed by atoms with E-state index in [0.29, 0.717) is 31.3 Å². The fraction of sp³-hybridized carbons (Fsp3) is 0.731. The van der Waals surface area contributed by atoms with Crippen molar-refractivity contribution in [3.63, 3.8) is 0 Å². The van der Waals surface area contributed by atoms with Crippen LogP contribution in [-0.4, -0.2) is 77.3 Å². The molecule has 204 valence electrons. The van der Waals surface area contributed by atoms with Crippen molar-refractivity contribution in [2.45, 2.75) is 81.5 Å². The number of nitrogens with one attached hydrogen (secondary N) is 4. The third-order valence-corrected chi connectivity index (χ3v) is 9.37. The predicted octanol–water partition coefficient (Wildman–Crippen LogP) is 1.46. The van der Waals surface area contributed by atoms with Crippen LogP contribution in [0.25, 0.3) is 0 Å². The first-order chi connectivity index (χ1) is 17.9. The molecule has 4 rings (SSSR count). The summed E-state index contributed by atoms with van der Waals surface area (Å²) in [6.07, 6.45) is 10.9. The smallest absolute Gasteiger partial charge is 0.315 e. The molecule has 3 aliphatic heterocycles. The molecule has 0 bridgehead atoms. The van der Waals surface area contributed by atoms with Gasteiger partial charge in [0.05, 0.1) is 12.1 Å². The molecule has 0 aromatic heterocycles. The Morgan fingerprint density at radius 1 is 0.919 bits per heavy atom. The van der Waals surface area contributed by atoms with Gasteiger partial charge in [0.25, 0.3) is 11.8 Å². The van der Waals surface area contributed by atoms with Crippen molar-refractivity contribution in [3.8, 4) is 0 Å². The molecule has 0 aromatic rings. The van der Waals surface area contributed by atoms with E-state index >= 15 is 0 Å². The zero-order valence-corrected chi connectivity index (χ0v) is 22.2. The lowest BCUT2D eigenvalue weighted by Gasteiger charge is -2.30. The van der Waals surface area contributed by atoms with Crippen LogP contribution in [0, 0.1) is 11.8 Å². The highest BCUT2D eigenvalue weighted by Gasteiger charge is 2.42. The zero-order valence-electron chi connectivity index (χ0n) is 21.3. The summed E-state index contributed by atoms with van der Waals surface area (Å²) in [6, 6.07) is 0.403. The molecule has 3 atom stereocenters. The average molecular weight is 534 g/mol. The van der Waals surface area contributed by atoms with Crippen LogP contribution in [0.1, 0.15) is 64.2 Å². The monoisotopic (exact) mass is 533 g/mol. The largest absolute Gasteiger partial charge is 0.356 e. The fourth-order valence-electron chi connectivity index (χ4n) is 5.67. The summed E-state index contributed by atoms with van der Waals surface area (Å²) in [5, 5.41) is 12.4. The molecule has 2 saturated heterocycles. The highest BCUT2D eigenvalue weighted by molar-refractivity contribution is 8.00. The van der Waals surface area contributed by atoms with E-state index in [0.717, 1.165) is 63.5 Å². The molecule has 37 heavy (non-hydrogen) atoms. The third kappa shape index (κ3) is 7.72. The first kappa shape index (κ1) is 27.5. The molecular formula is C26H39N5O5S. The topological polar surface area (TPSA) is 137 Å². The Kier molecular flexibility index (Phi) is 9.88. The molecule has 3 heterocycles. The van der Waals surface area contributed by atoms with E-state index in [1.165, 1.54) is 17.1 Å². The number of fused-ring (bicyclic) bond motifs is 1. The number of amides is 6. The van der Waals surface area contributed by atoms with Crippen LogP contribution < -0.4 is 21.3 Å². The summed E-state index contributed by atoms with van der Waals surface area (Å²) in [4.78, 5) is 60.7. The van der Waals surface area contributed by atoms with E-state index in [4.69, 9.17) is 0 Å². The summed E-state index contributed by atoms with van der Waals surface area (Å²) in [7, 11) is 0. The third-order valence-electron chi connectivity index (χ3n) is 7.86. The van der Waals surface area contributed by atoms with Crippen molar-refractivity contribution in [1.29, 1.82) is 0 Å². The van der Waals surface area contributed by atoms with Crippen LogP contribution in [0.15, 0.2) is 12.2 Å². The second-order valence-corrected chi connectivity index (χ2v) is 11.8. The van der Waals surface area contributed by atoms with E-state index in [-0.39, 0.29) is 53.6 Å². The molecule has 10 nitrogen and oxygen atoms in total. The molecule has 0 aromatic carbocycles. The van der Waals surface area contributed by atoms with Crippen LogP contribution in [0.4, 0.5) is 4.79 Å². The molecule has 3 fully saturated rings. The van der Waals surface area contributed by atoms with Gasteiger partial charge in [-0.25, -0.2) is 4.79 Å². The molecule has 6 amide bonds. The van der Waals surface area contributed by atoms with E-state index in [1.807, 2.05) is 11.8 Å². The number of imide groups is 1. The van der Waals surface area contributed by atoms with Gasteiger partial charge in [0.15, 0.2) is 0 Å². The van der Waals surface area contributed by atoms with Gasteiger partial charge in [-0.05, 0) is 57.3 Å². The second kappa shape index (κ2) is 13.3.